The van der Waals surface area contributed by atoms with Crippen molar-refractivity contribution in [3.8, 4) is 6.07 Å². The fourth-order valence-corrected chi connectivity index (χ4v) is 2.84. The molecule has 0 spiro atoms. The Hall–Kier alpha value is -2.87. The zero-order chi connectivity index (χ0) is 16.2. The van der Waals surface area contributed by atoms with Gasteiger partial charge in [0.05, 0.1) is 12.2 Å². The number of hydrogen-bond donors (Lipinski definition) is 1. The van der Waals surface area contributed by atoms with Gasteiger partial charge in [-0.1, -0.05) is 24.3 Å². The van der Waals surface area contributed by atoms with Crippen LogP contribution >= 0.6 is 0 Å². The monoisotopic (exact) mass is 309 g/mol. The summed E-state index contributed by atoms with van der Waals surface area (Å²) in [6.07, 6.45) is 1.89. The first-order chi connectivity index (χ1) is 11.2. The van der Waals surface area contributed by atoms with Gasteiger partial charge >= 0.3 is 0 Å². The van der Waals surface area contributed by atoms with E-state index in [2.05, 4.69) is 5.32 Å². The lowest BCUT2D eigenvalue weighted by Gasteiger charge is -2.29. The van der Waals surface area contributed by atoms with E-state index in [9.17, 15) is 9.18 Å². The molecule has 1 aliphatic heterocycles. The van der Waals surface area contributed by atoms with Crippen LogP contribution in [0.1, 0.15) is 17.5 Å². The van der Waals surface area contributed by atoms with Crippen LogP contribution < -0.4 is 10.2 Å². The first-order valence-electron chi connectivity index (χ1n) is 7.51. The zero-order valence-electron chi connectivity index (χ0n) is 12.6. The van der Waals surface area contributed by atoms with Gasteiger partial charge in [0.25, 0.3) is 0 Å². The maximum Gasteiger partial charge on any atom is 0.246 e. The van der Waals surface area contributed by atoms with Crippen molar-refractivity contribution in [3.63, 3.8) is 0 Å². The largest absolute Gasteiger partial charge is 0.375 e. The lowest BCUT2D eigenvalue weighted by atomic mass is 10.0. The number of para-hydroxylation sites is 1. The quantitative estimate of drug-likeness (QED) is 0.948. The molecule has 0 aromatic heterocycles. The van der Waals surface area contributed by atoms with Crippen molar-refractivity contribution in [2.75, 3.05) is 23.3 Å². The number of nitriles is 1. The second-order valence-electron chi connectivity index (χ2n) is 5.41. The third kappa shape index (κ3) is 3.02. The molecular formula is C18H16FN3O. The molecule has 116 valence electrons. The Morgan fingerprint density at radius 3 is 2.91 bits per heavy atom. The molecule has 0 atom stereocenters. The lowest BCUT2D eigenvalue weighted by molar-refractivity contribution is -0.117. The van der Waals surface area contributed by atoms with E-state index < -0.39 is 5.82 Å². The number of anilines is 2. The number of benzene rings is 2. The minimum atomic E-state index is -0.590. The van der Waals surface area contributed by atoms with Crippen LogP contribution in [0.2, 0.25) is 0 Å². The average molecular weight is 309 g/mol. The van der Waals surface area contributed by atoms with Crippen LogP contribution in [0.5, 0.6) is 0 Å². The van der Waals surface area contributed by atoms with Gasteiger partial charge in [-0.05, 0) is 36.6 Å². The highest BCUT2D eigenvalue weighted by atomic mass is 19.1. The maximum absolute atomic E-state index is 13.6. The first-order valence-corrected chi connectivity index (χ1v) is 7.51. The van der Waals surface area contributed by atoms with Gasteiger partial charge in [0.15, 0.2) is 0 Å². The van der Waals surface area contributed by atoms with E-state index in [4.69, 9.17) is 5.26 Å². The van der Waals surface area contributed by atoms with E-state index in [1.807, 2.05) is 30.3 Å². The Balaban J connectivity index is 1.75. The Bertz CT molecular complexity index is 782. The average Bonchev–Trinajstić information content (AvgIpc) is 2.59. The summed E-state index contributed by atoms with van der Waals surface area (Å²) < 4.78 is 13.6. The number of fused-ring (bicyclic) bond motifs is 1. The molecule has 23 heavy (non-hydrogen) atoms. The number of halogens is 1. The Labute approximate surface area is 134 Å². The number of nitrogens with zero attached hydrogens (tertiary/aromatic N) is 2. The van der Waals surface area contributed by atoms with Crippen LogP contribution in [-0.2, 0) is 11.2 Å². The highest BCUT2D eigenvalue weighted by Gasteiger charge is 2.22. The Morgan fingerprint density at radius 2 is 2.09 bits per heavy atom. The molecule has 0 radical (unpaired) electrons. The van der Waals surface area contributed by atoms with Crippen LogP contribution in [0.4, 0.5) is 15.8 Å². The zero-order valence-corrected chi connectivity index (χ0v) is 12.6. The van der Waals surface area contributed by atoms with Gasteiger partial charge in [0.1, 0.15) is 17.4 Å². The van der Waals surface area contributed by atoms with Crippen LogP contribution in [-0.4, -0.2) is 19.0 Å². The standard InChI is InChI=1S/C18H16FN3O/c19-15-7-3-8-16(14(15)11-20)21-12-18(23)22-10-4-6-13-5-1-2-9-17(13)22/h1-3,5,7-9,21H,4,6,10,12H2. The van der Waals surface area contributed by atoms with Crippen molar-refractivity contribution in [2.24, 2.45) is 0 Å². The Kier molecular flexibility index (Phi) is 4.24. The fourth-order valence-electron chi connectivity index (χ4n) is 2.84. The van der Waals surface area contributed by atoms with Gasteiger partial charge in [0.2, 0.25) is 5.91 Å². The van der Waals surface area contributed by atoms with Crippen molar-refractivity contribution in [3.05, 3.63) is 59.4 Å². The lowest BCUT2D eigenvalue weighted by Crippen LogP contribution is -2.39. The number of aryl methyl sites for hydroxylation is 1. The number of carbonyl (C=O) groups excluding carboxylic acids is 1. The predicted octanol–water partition coefficient (Wildman–Crippen LogP) is 3.09. The molecule has 1 N–H and O–H groups in total. The third-order valence-corrected chi connectivity index (χ3v) is 3.97. The maximum atomic E-state index is 13.6. The molecule has 1 amide bonds. The van der Waals surface area contributed by atoms with Gasteiger partial charge < -0.3 is 10.2 Å². The molecule has 4 nitrogen and oxygen atoms in total. The summed E-state index contributed by atoms with van der Waals surface area (Å²) in [5.74, 6) is -0.682. The fraction of sp³-hybridized carbons (Fsp3) is 0.222. The van der Waals surface area contributed by atoms with Crippen molar-refractivity contribution < 1.29 is 9.18 Å². The minimum absolute atomic E-state index is 0.0203. The van der Waals surface area contributed by atoms with Crippen LogP contribution in [0, 0.1) is 17.1 Å². The molecule has 2 aromatic rings. The molecule has 1 aliphatic rings. The van der Waals surface area contributed by atoms with Gasteiger partial charge in [-0.3, -0.25) is 4.79 Å². The normalized spacial score (nSPS) is 13.1. The number of nitrogens with one attached hydrogen (secondary N) is 1. The minimum Gasteiger partial charge on any atom is -0.375 e. The molecule has 3 rings (SSSR count). The molecule has 0 unspecified atom stereocenters. The molecule has 0 saturated carbocycles. The molecule has 0 bridgehead atoms. The number of carbonyl (C=O) groups is 1. The van der Waals surface area contributed by atoms with Crippen LogP contribution in [0.25, 0.3) is 0 Å². The molecular weight excluding hydrogens is 293 g/mol. The second kappa shape index (κ2) is 6.49. The summed E-state index contributed by atoms with van der Waals surface area (Å²) in [6.45, 7) is 0.693. The molecule has 0 saturated heterocycles. The van der Waals surface area contributed by atoms with Gasteiger partial charge in [-0.15, -0.1) is 0 Å². The van der Waals surface area contributed by atoms with E-state index in [1.54, 1.807) is 11.0 Å². The molecule has 0 fully saturated rings. The van der Waals surface area contributed by atoms with E-state index >= 15 is 0 Å². The summed E-state index contributed by atoms with van der Waals surface area (Å²) in [7, 11) is 0. The number of amides is 1. The number of hydrogen-bond acceptors (Lipinski definition) is 3. The van der Waals surface area contributed by atoms with E-state index in [0.717, 1.165) is 24.1 Å². The van der Waals surface area contributed by atoms with Gasteiger partial charge in [0, 0.05) is 12.2 Å². The smallest absolute Gasteiger partial charge is 0.246 e. The Morgan fingerprint density at radius 1 is 1.26 bits per heavy atom. The van der Waals surface area contributed by atoms with Crippen molar-refractivity contribution >= 4 is 17.3 Å². The first kappa shape index (κ1) is 15.0. The molecule has 1 heterocycles. The molecule has 0 aliphatic carbocycles. The van der Waals surface area contributed by atoms with E-state index in [-0.39, 0.29) is 18.0 Å². The number of rotatable bonds is 3. The van der Waals surface area contributed by atoms with Crippen LogP contribution in [0.3, 0.4) is 0 Å². The van der Waals surface area contributed by atoms with Crippen molar-refractivity contribution in [2.45, 2.75) is 12.8 Å². The third-order valence-electron chi connectivity index (χ3n) is 3.97. The van der Waals surface area contributed by atoms with E-state index in [1.165, 1.54) is 12.1 Å². The molecule has 2 aromatic carbocycles. The van der Waals surface area contributed by atoms with Gasteiger partial charge in [-0.2, -0.15) is 5.26 Å². The summed E-state index contributed by atoms with van der Waals surface area (Å²) >= 11 is 0. The summed E-state index contributed by atoms with van der Waals surface area (Å²) in [4.78, 5) is 14.3. The van der Waals surface area contributed by atoms with Crippen molar-refractivity contribution in [1.82, 2.24) is 0 Å². The predicted molar refractivity (Wildman–Crippen MR) is 86.7 cm³/mol. The van der Waals surface area contributed by atoms with Crippen molar-refractivity contribution in [1.29, 1.82) is 5.26 Å². The highest BCUT2D eigenvalue weighted by Crippen LogP contribution is 2.27. The summed E-state index contributed by atoms with van der Waals surface area (Å²) in [6, 6.07) is 14.0. The van der Waals surface area contributed by atoms with Gasteiger partial charge in [-0.25, -0.2) is 4.39 Å². The summed E-state index contributed by atoms with van der Waals surface area (Å²) in [5, 5.41) is 11.9. The summed E-state index contributed by atoms with van der Waals surface area (Å²) in [5.41, 5.74) is 2.37. The topological polar surface area (TPSA) is 56.1 Å². The highest BCUT2D eigenvalue weighted by molar-refractivity contribution is 5.97. The SMILES string of the molecule is N#Cc1c(F)cccc1NCC(=O)N1CCCc2ccccc21. The second-order valence-corrected chi connectivity index (χ2v) is 5.41. The van der Waals surface area contributed by atoms with Crippen LogP contribution in [0.15, 0.2) is 42.5 Å². The molecule has 5 heteroatoms. The van der Waals surface area contributed by atoms with E-state index in [0.29, 0.717) is 12.2 Å².